The van der Waals surface area contributed by atoms with Crippen molar-refractivity contribution in [3.8, 4) is 0 Å². The van der Waals surface area contributed by atoms with E-state index >= 15 is 0 Å². The minimum Gasteiger partial charge on any atom is -0.469 e. The van der Waals surface area contributed by atoms with E-state index in [0.717, 1.165) is 12.1 Å². The fourth-order valence-electron chi connectivity index (χ4n) is 2.19. The zero-order chi connectivity index (χ0) is 15.1. The molecule has 0 saturated carbocycles. The molecule has 2 rings (SSSR count). The molecule has 0 radical (unpaired) electrons. The van der Waals surface area contributed by atoms with Crippen molar-refractivity contribution in [3.05, 3.63) is 35.9 Å². The monoisotopic (exact) mass is 292 g/mol. The smallest absolute Gasteiger partial charge is 0.307 e. The quantitative estimate of drug-likeness (QED) is 0.768. The number of nitrogens with one attached hydrogen (secondary N) is 2. The van der Waals surface area contributed by atoms with E-state index in [9.17, 15) is 9.59 Å². The zero-order valence-electron chi connectivity index (χ0n) is 12.0. The van der Waals surface area contributed by atoms with Crippen LogP contribution in [0.25, 0.3) is 0 Å². The fourth-order valence-corrected chi connectivity index (χ4v) is 2.19. The first-order chi connectivity index (χ1) is 10.2. The lowest BCUT2D eigenvalue weighted by Gasteiger charge is -2.25. The van der Waals surface area contributed by atoms with Crippen molar-refractivity contribution in [3.63, 3.8) is 0 Å². The SMILES string of the molecule is COC(=O)CC(NC(=O)C1CNCCO1)c1ccccc1. The molecule has 6 heteroatoms. The maximum Gasteiger partial charge on any atom is 0.307 e. The lowest BCUT2D eigenvalue weighted by Crippen LogP contribution is -2.48. The van der Waals surface area contributed by atoms with E-state index in [1.54, 1.807) is 0 Å². The van der Waals surface area contributed by atoms with Crippen LogP contribution >= 0.6 is 0 Å². The van der Waals surface area contributed by atoms with Crippen molar-refractivity contribution in [2.75, 3.05) is 26.8 Å². The Labute approximate surface area is 123 Å². The van der Waals surface area contributed by atoms with E-state index in [1.165, 1.54) is 7.11 Å². The fraction of sp³-hybridized carbons (Fsp3) is 0.467. The Balaban J connectivity index is 2.04. The third-order valence-corrected chi connectivity index (χ3v) is 3.34. The maximum absolute atomic E-state index is 12.2. The molecule has 21 heavy (non-hydrogen) atoms. The molecular weight excluding hydrogens is 272 g/mol. The molecule has 1 heterocycles. The van der Waals surface area contributed by atoms with E-state index in [4.69, 9.17) is 9.47 Å². The maximum atomic E-state index is 12.2. The number of rotatable bonds is 5. The van der Waals surface area contributed by atoms with Gasteiger partial charge >= 0.3 is 5.97 Å². The molecule has 6 nitrogen and oxygen atoms in total. The summed E-state index contributed by atoms with van der Waals surface area (Å²) in [7, 11) is 1.33. The molecular formula is C15H20N2O4. The third kappa shape index (κ3) is 4.54. The molecule has 0 aromatic heterocycles. The highest BCUT2D eigenvalue weighted by molar-refractivity contribution is 5.82. The van der Waals surface area contributed by atoms with Gasteiger partial charge < -0.3 is 20.1 Å². The summed E-state index contributed by atoms with van der Waals surface area (Å²) >= 11 is 0. The first kappa shape index (κ1) is 15.5. The number of carbonyl (C=O) groups is 2. The molecule has 1 aromatic carbocycles. The Kier molecular flexibility index (Phi) is 5.71. The van der Waals surface area contributed by atoms with Gasteiger partial charge in [-0.1, -0.05) is 30.3 Å². The van der Waals surface area contributed by atoms with Crippen LogP contribution < -0.4 is 10.6 Å². The number of methoxy groups -OCH3 is 1. The minimum absolute atomic E-state index is 0.0897. The largest absolute Gasteiger partial charge is 0.469 e. The Bertz CT molecular complexity index is 472. The summed E-state index contributed by atoms with van der Waals surface area (Å²) in [6, 6.07) is 8.93. The molecule has 2 atom stereocenters. The number of ether oxygens (including phenoxy) is 2. The molecule has 1 aromatic rings. The second-order valence-corrected chi connectivity index (χ2v) is 4.82. The summed E-state index contributed by atoms with van der Waals surface area (Å²) < 4.78 is 10.1. The molecule has 2 N–H and O–H groups in total. The summed E-state index contributed by atoms with van der Waals surface area (Å²) in [4.78, 5) is 23.8. The van der Waals surface area contributed by atoms with Crippen LogP contribution in [0, 0.1) is 0 Å². The van der Waals surface area contributed by atoms with Crippen LogP contribution in [0.1, 0.15) is 18.0 Å². The van der Waals surface area contributed by atoms with Crippen molar-refractivity contribution in [1.29, 1.82) is 0 Å². The van der Waals surface area contributed by atoms with Gasteiger partial charge in [-0.3, -0.25) is 9.59 Å². The number of esters is 1. The normalized spacial score (nSPS) is 19.6. The van der Waals surface area contributed by atoms with Crippen molar-refractivity contribution >= 4 is 11.9 Å². The standard InChI is InChI=1S/C15H20N2O4/c1-20-14(18)9-12(11-5-3-2-4-6-11)17-15(19)13-10-16-7-8-21-13/h2-6,12-13,16H,7-10H2,1H3,(H,17,19). The van der Waals surface area contributed by atoms with E-state index in [0.29, 0.717) is 13.2 Å². The lowest BCUT2D eigenvalue weighted by molar-refractivity contribution is -0.142. The Morgan fingerprint density at radius 1 is 1.43 bits per heavy atom. The van der Waals surface area contributed by atoms with Crippen molar-refractivity contribution in [2.45, 2.75) is 18.6 Å². The first-order valence-corrected chi connectivity index (χ1v) is 6.95. The van der Waals surface area contributed by atoms with E-state index in [-0.39, 0.29) is 18.3 Å². The Morgan fingerprint density at radius 2 is 2.19 bits per heavy atom. The van der Waals surface area contributed by atoms with Gasteiger partial charge in [0.2, 0.25) is 0 Å². The van der Waals surface area contributed by atoms with E-state index in [1.807, 2.05) is 30.3 Å². The first-order valence-electron chi connectivity index (χ1n) is 6.95. The molecule has 0 spiro atoms. The number of carbonyl (C=O) groups excluding carboxylic acids is 2. The van der Waals surface area contributed by atoms with Crippen molar-refractivity contribution < 1.29 is 19.1 Å². The van der Waals surface area contributed by atoms with Gasteiger partial charge in [-0.05, 0) is 5.56 Å². The summed E-state index contributed by atoms with van der Waals surface area (Å²) in [5, 5.41) is 5.97. The van der Waals surface area contributed by atoms with Gasteiger partial charge in [-0.2, -0.15) is 0 Å². The van der Waals surface area contributed by atoms with Crippen LogP contribution in [0.5, 0.6) is 0 Å². The van der Waals surface area contributed by atoms with Gasteiger partial charge in [-0.25, -0.2) is 0 Å². The Morgan fingerprint density at radius 3 is 2.81 bits per heavy atom. The van der Waals surface area contributed by atoms with Crippen molar-refractivity contribution in [1.82, 2.24) is 10.6 Å². The molecule has 1 aliphatic heterocycles. The molecule has 2 unspecified atom stereocenters. The number of hydrogen-bond donors (Lipinski definition) is 2. The highest BCUT2D eigenvalue weighted by atomic mass is 16.5. The number of morpholine rings is 1. The molecule has 0 bridgehead atoms. The van der Waals surface area contributed by atoms with Crippen LogP contribution in [-0.2, 0) is 19.1 Å². The third-order valence-electron chi connectivity index (χ3n) is 3.34. The van der Waals surface area contributed by atoms with Crippen LogP contribution in [0.2, 0.25) is 0 Å². The van der Waals surface area contributed by atoms with Gasteiger partial charge in [0.1, 0.15) is 6.10 Å². The topological polar surface area (TPSA) is 76.7 Å². The zero-order valence-corrected chi connectivity index (χ0v) is 12.0. The van der Waals surface area contributed by atoms with Crippen LogP contribution in [0.15, 0.2) is 30.3 Å². The minimum atomic E-state index is -0.525. The van der Waals surface area contributed by atoms with Gasteiger partial charge in [-0.15, -0.1) is 0 Å². The summed E-state index contributed by atoms with van der Waals surface area (Å²) in [5.74, 6) is -0.591. The number of hydrogen-bond acceptors (Lipinski definition) is 5. The predicted molar refractivity (Wildman–Crippen MR) is 76.6 cm³/mol. The van der Waals surface area contributed by atoms with Crippen molar-refractivity contribution in [2.24, 2.45) is 0 Å². The van der Waals surface area contributed by atoms with Crippen LogP contribution in [0.3, 0.4) is 0 Å². The van der Waals surface area contributed by atoms with Gasteiger partial charge in [0.05, 0.1) is 26.2 Å². The second-order valence-electron chi connectivity index (χ2n) is 4.82. The molecule has 1 amide bonds. The highest BCUT2D eigenvalue weighted by Gasteiger charge is 2.26. The summed E-state index contributed by atoms with van der Waals surface area (Å²) in [6.45, 7) is 1.73. The molecule has 0 aliphatic carbocycles. The van der Waals surface area contributed by atoms with Gasteiger partial charge in [0.15, 0.2) is 0 Å². The molecule has 1 fully saturated rings. The summed E-state index contributed by atoms with van der Waals surface area (Å²) in [6.07, 6.45) is -0.436. The van der Waals surface area contributed by atoms with E-state index in [2.05, 4.69) is 10.6 Å². The molecule has 114 valence electrons. The Hall–Kier alpha value is -1.92. The second kappa shape index (κ2) is 7.75. The number of benzene rings is 1. The predicted octanol–water partition coefficient (Wildman–Crippen LogP) is 0.395. The van der Waals surface area contributed by atoms with Crippen LogP contribution in [-0.4, -0.2) is 44.8 Å². The summed E-state index contributed by atoms with van der Waals surface area (Å²) in [5.41, 5.74) is 0.861. The van der Waals surface area contributed by atoms with Gasteiger partial charge in [0.25, 0.3) is 5.91 Å². The lowest BCUT2D eigenvalue weighted by atomic mass is 10.0. The van der Waals surface area contributed by atoms with E-state index < -0.39 is 12.1 Å². The van der Waals surface area contributed by atoms with Crippen LogP contribution in [0.4, 0.5) is 0 Å². The highest BCUT2D eigenvalue weighted by Crippen LogP contribution is 2.17. The molecule has 1 aliphatic rings. The molecule has 1 saturated heterocycles. The van der Waals surface area contributed by atoms with Gasteiger partial charge in [0, 0.05) is 13.1 Å². The number of amides is 1. The average Bonchev–Trinajstić information content (AvgIpc) is 2.55. The average molecular weight is 292 g/mol.